The van der Waals surface area contributed by atoms with E-state index in [4.69, 9.17) is 4.74 Å². The largest absolute Gasteiger partial charge is 0.434 e. The van der Waals surface area contributed by atoms with E-state index in [9.17, 15) is 4.79 Å². The Morgan fingerprint density at radius 3 is 2.73 bits per heavy atom. The number of esters is 1. The molecule has 0 spiro atoms. The highest BCUT2D eigenvalue weighted by Crippen LogP contribution is 2.32. The molecule has 1 aliphatic heterocycles. The molecule has 0 radical (unpaired) electrons. The minimum atomic E-state index is -0.490. The van der Waals surface area contributed by atoms with E-state index in [-0.39, 0.29) is 5.97 Å². The van der Waals surface area contributed by atoms with Crippen LogP contribution in [0.2, 0.25) is 0 Å². The van der Waals surface area contributed by atoms with Crippen molar-refractivity contribution >= 4 is 28.6 Å². The monoisotopic (exact) mass is 264 g/mol. The summed E-state index contributed by atoms with van der Waals surface area (Å²) in [6, 6.07) is 0. The number of carbonyl (C=O) groups is 1. The van der Waals surface area contributed by atoms with Crippen molar-refractivity contribution in [2.45, 2.75) is 13.8 Å². The smallest absolute Gasteiger partial charge is 0.320 e. The van der Waals surface area contributed by atoms with E-state index in [0.29, 0.717) is 0 Å². The van der Waals surface area contributed by atoms with Crippen LogP contribution in [0.4, 0.5) is 0 Å². The predicted octanol–water partition coefficient (Wildman–Crippen LogP) is 2.40. The van der Waals surface area contributed by atoms with Gasteiger partial charge in [-0.1, -0.05) is 22.6 Å². The molecule has 0 N–H and O–H groups in total. The van der Waals surface area contributed by atoms with Crippen LogP contribution >= 0.6 is 22.6 Å². The summed E-state index contributed by atoms with van der Waals surface area (Å²) < 4.78 is 6.66. The Morgan fingerprint density at radius 1 is 1.64 bits per heavy atom. The molecule has 3 heteroatoms. The highest BCUT2D eigenvalue weighted by molar-refractivity contribution is 14.1. The summed E-state index contributed by atoms with van der Waals surface area (Å²) in [5.74, 6) is -0.192. The first-order chi connectivity index (χ1) is 5.09. The molecule has 0 aliphatic carbocycles. The molecule has 0 aromatic heterocycles. The third-order valence-corrected chi connectivity index (χ3v) is 2.44. The number of halogens is 1. The van der Waals surface area contributed by atoms with Crippen LogP contribution in [0.3, 0.4) is 0 Å². The molecule has 11 heavy (non-hydrogen) atoms. The fourth-order valence-electron chi connectivity index (χ4n) is 0.815. The molecular weight excluding hydrogens is 255 g/mol. The molecule has 0 saturated carbocycles. The molecule has 0 unspecified atom stereocenters. The standard InChI is InChI=1S/C8H9IO2/c1-8(2)6(5-9)3-4-11-7(8)10/h3-5H,1-2H3. The summed E-state index contributed by atoms with van der Waals surface area (Å²) in [6.45, 7) is 3.70. The Bertz CT molecular complexity index is 238. The second-order valence-electron chi connectivity index (χ2n) is 2.90. The molecule has 0 amide bonds. The van der Waals surface area contributed by atoms with Gasteiger partial charge in [0.15, 0.2) is 0 Å². The summed E-state index contributed by atoms with van der Waals surface area (Å²) in [7, 11) is 0. The maximum Gasteiger partial charge on any atom is 0.320 e. The average molecular weight is 264 g/mol. The summed E-state index contributed by atoms with van der Waals surface area (Å²) in [4.78, 5) is 11.2. The summed E-state index contributed by atoms with van der Waals surface area (Å²) >= 11 is 2.12. The van der Waals surface area contributed by atoms with Crippen LogP contribution in [-0.2, 0) is 9.53 Å². The van der Waals surface area contributed by atoms with Crippen molar-refractivity contribution in [2.75, 3.05) is 0 Å². The normalized spacial score (nSPS) is 25.4. The maximum absolute atomic E-state index is 11.2. The molecule has 0 bridgehead atoms. The van der Waals surface area contributed by atoms with Crippen LogP contribution in [0.1, 0.15) is 13.8 Å². The lowest BCUT2D eigenvalue weighted by Gasteiger charge is -2.25. The molecule has 2 nitrogen and oxygen atoms in total. The van der Waals surface area contributed by atoms with Gasteiger partial charge in [-0.25, -0.2) is 0 Å². The molecule has 0 saturated heterocycles. The summed E-state index contributed by atoms with van der Waals surface area (Å²) in [5, 5.41) is 0. The van der Waals surface area contributed by atoms with Gasteiger partial charge in [0.25, 0.3) is 0 Å². The average Bonchev–Trinajstić information content (AvgIpc) is 1.95. The van der Waals surface area contributed by atoms with Gasteiger partial charge in [0, 0.05) is 0 Å². The fourth-order valence-corrected chi connectivity index (χ4v) is 1.80. The number of allylic oxidation sites excluding steroid dienone is 1. The van der Waals surface area contributed by atoms with Crippen LogP contribution < -0.4 is 0 Å². The van der Waals surface area contributed by atoms with Crippen LogP contribution in [-0.4, -0.2) is 5.97 Å². The maximum atomic E-state index is 11.2. The third-order valence-electron chi connectivity index (χ3n) is 1.77. The predicted molar refractivity (Wildman–Crippen MR) is 51.1 cm³/mol. The van der Waals surface area contributed by atoms with Gasteiger partial charge in [0.05, 0.1) is 11.7 Å². The van der Waals surface area contributed by atoms with Crippen molar-refractivity contribution in [3.63, 3.8) is 0 Å². The number of rotatable bonds is 0. The molecule has 1 heterocycles. The number of cyclic esters (lactones) is 1. The lowest BCUT2D eigenvalue weighted by atomic mass is 9.84. The van der Waals surface area contributed by atoms with Crippen molar-refractivity contribution < 1.29 is 9.53 Å². The molecule has 0 aromatic rings. The van der Waals surface area contributed by atoms with E-state index in [1.54, 1.807) is 0 Å². The molecule has 0 atom stereocenters. The number of hydrogen-bond acceptors (Lipinski definition) is 2. The number of ether oxygens (including phenoxy) is 1. The molecule has 60 valence electrons. The topological polar surface area (TPSA) is 26.3 Å². The minimum absolute atomic E-state index is 0.192. The zero-order chi connectivity index (χ0) is 8.48. The SMILES string of the molecule is CC1(C)C(=O)OC=CC1=CI. The van der Waals surface area contributed by atoms with Crippen molar-refractivity contribution in [3.8, 4) is 0 Å². The zero-order valence-electron chi connectivity index (χ0n) is 6.43. The first kappa shape index (κ1) is 8.77. The van der Waals surface area contributed by atoms with Gasteiger partial charge >= 0.3 is 5.97 Å². The second-order valence-corrected chi connectivity index (χ2v) is 3.52. The van der Waals surface area contributed by atoms with Crippen molar-refractivity contribution in [1.82, 2.24) is 0 Å². The fraction of sp³-hybridized carbons (Fsp3) is 0.375. The number of hydrogen-bond donors (Lipinski definition) is 0. The minimum Gasteiger partial charge on any atom is -0.434 e. The van der Waals surface area contributed by atoms with Gasteiger partial charge in [0.2, 0.25) is 0 Å². The van der Waals surface area contributed by atoms with Crippen molar-refractivity contribution in [1.29, 1.82) is 0 Å². The first-order valence-corrected chi connectivity index (χ1v) is 4.52. The summed E-state index contributed by atoms with van der Waals surface area (Å²) in [6.07, 6.45) is 3.24. The van der Waals surface area contributed by atoms with E-state index >= 15 is 0 Å². The Labute approximate surface area is 79.4 Å². The van der Waals surface area contributed by atoms with Crippen LogP contribution in [0, 0.1) is 5.41 Å². The highest BCUT2D eigenvalue weighted by atomic mass is 127. The third kappa shape index (κ3) is 1.47. The molecule has 1 aliphatic rings. The Hall–Kier alpha value is -0.320. The van der Waals surface area contributed by atoms with E-state index < -0.39 is 5.41 Å². The van der Waals surface area contributed by atoms with Gasteiger partial charge in [-0.3, -0.25) is 4.79 Å². The van der Waals surface area contributed by atoms with Crippen LogP contribution in [0.25, 0.3) is 0 Å². The zero-order valence-corrected chi connectivity index (χ0v) is 8.58. The van der Waals surface area contributed by atoms with Crippen LogP contribution in [0.5, 0.6) is 0 Å². The van der Waals surface area contributed by atoms with Gasteiger partial charge in [-0.05, 0) is 29.6 Å². The van der Waals surface area contributed by atoms with Crippen molar-refractivity contribution in [3.05, 3.63) is 22.0 Å². The van der Waals surface area contributed by atoms with E-state index in [1.807, 2.05) is 24.0 Å². The van der Waals surface area contributed by atoms with Gasteiger partial charge in [-0.15, -0.1) is 0 Å². The molecular formula is C8H9IO2. The second kappa shape index (κ2) is 2.97. The van der Waals surface area contributed by atoms with E-state index in [0.717, 1.165) is 5.57 Å². The molecule has 1 rings (SSSR count). The van der Waals surface area contributed by atoms with Crippen LogP contribution in [0.15, 0.2) is 22.0 Å². The van der Waals surface area contributed by atoms with Gasteiger partial charge < -0.3 is 4.74 Å². The van der Waals surface area contributed by atoms with E-state index in [1.165, 1.54) is 6.26 Å². The van der Waals surface area contributed by atoms with E-state index in [2.05, 4.69) is 22.6 Å². The summed E-state index contributed by atoms with van der Waals surface area (Å²) in [5.41, 5.74) is 0.505. The van der Waals surface area contributed by atoms with Gasteiger partial charge in [-0.2, -0.15) is 0 Å². The Morgan fingerprint density at radius 2 is 2.27 bits per heavy atom. The van der Waals surface area contributed by atoms with Gasteiger partial charge in [0.1, 0.15) is 0 Å². The van der Waals surface area contributed by atoms with Crippen molar-refractivity contribution in [2.24, 2.45) is 5.41 Å². The quantitative estimate of drug-likeness (QED) is 0.496. The molecule has 0 fully saturated rings. The first-order valence-electron chi connectivity index (χ1n) is 3.27. The highest BCUT2D eigenvalue weighted by Gasteiger charge is 2.34. The molecule has 0 aromatic carbocycles. The lowest BCUT2D eigenvalue weighted by molar-refractivity contribution is -0.146. The Balaban J connectivity index is 3.07. The Kier molecular flexibility index (Phi) is 2.37. The lowest BCUT2D eigenvalue weighted by Crippen LogP contribution is -2.29. The number of carbonyl (C=O) groups excluding carboxylic acids is 1.